The smallest absolute Gasteiger partial charge is 0.229 e. The second kappa shape index (κ2) is 7.82. The average molecular weight is 409 g/mol. The number of fused-ring (bicyclic) bond motifs is 1. The van der Waals surface area contributed by atoms with Gasteiger partial charge in [-0.05, 0) is 42.0 Å². The summed E-state index contributed by atoms with van der Waals surface area (Å²) < 4.78 is 26.1. The van der Waals surface area contributed by atoms with Gasteiger partial charge in [-0.1, -0.05) is 26.8 Å². The molecule has 0 aliphatic carbocycles. The van der Waals surface area contributed by atoms with Gasteiger partial charge in [0.1, 0.15) is 24.8 Å². The van der Waals surface area contributed by atoms with E-state index in [0.717, 1.165) is 11.3 Å². The Morgan fingerprint density at radius 3 is 2.47 bits per heavy atom. The Morgan fingerprint density at radius 1 is 1.07 bits per heavy atom. The van der Waals surface area contributed by atoms with Crippen molar-refractivity contribution >= 4 is 11.7 Å². The van der Waals surface area contributed by atoms with Crippen LogP contribution in [0.2, 0.25) is 0 Å². The molecule has 0 saturated heterocycles. The number of carbonyl (C=O) groups is 1. The molecule has 2 heterocycles. The summed E-state index contributed by atoms with van der Waals surface area (Å²) in [6.07, 6.45) is 0.177. The minimum Gasteiger partial charge on any atom is -0.486 e. The molecule has 1 aliphatic heterocycles. The summed E-state index contributed by atoms with van der Waals surface area (Å²) in [5.74, 6) is 1.36. The topological polar surface area (TPSA) is 65.4 Å². The molecule has 30 heavy (non-hydrogen) atoms. The summed E-state index contributed by atoms with van der Waals surface area (Å²) in [6.45, 7) is 7.16. The van der Waals surface area contributed by atoms with Crippen LogP contribution in [0.1, 0.15) is 32.0 Å². The highest BCUT2D eigenvalue weighted by Crippen LogP contribution is 2.31. The number of hydrogen-bond donors (Lipinski definition) is 1. The molecule has 0 unspecified atom stereocenters. The molecule has 0 saturated carbocycles. The van der Waals surface area contributed by atoms with Gasteiger partial charge in [-0.2, -0.15) is 5.10 Å². The van der Waals surface area contributed by atoms with Gasteiger partial charge in [-0.15, -0.1) is 0 Å². The Kier molecular flexibility index (Phi) is 5.20. The third-order valence-electron chi connectivity index (χ3n) is 4.79. The number of rotatable bonds is 4. The summed E-state index contributed by atoms with van der Waals surface area (Å²) in [7, 11) is 0. The molecule has 0 spiro atoms. The Hall–Kier alpha value is -3.35. The van der Waals surface area contributed by atoms with Crippen LogP contribution in [0.3, 0.4) is 0 Å². The minimum atomic E-state index is -0.328. The zero-order valence-electron chi connectivity index (χ0n) is 17.2. The number of anilines is 1. The van der Waals surface area contributed by atoms with Gasteiger partial charge in [0, 0.05) is 11.5 Å². The first-order chi connectivity index (χ1) is 14.3. The maximum atomic E-state index is 13.4. The van der Waals surface area contributed by atoms with Crippen molar-refractivity contribution in [1.82, 2.24) is 9.78 Å². The monoisotopic (exact) mass is 409 g/mol. The molecule has 0 atom stereocenters. The Balaban J connectivity index is 1.57. The van der Waals surface area contributed by atoms with E-state index in [-0.39, 0.29) is 23.6 Å². The van der Waals surface area contributed by atoms with Crippen LogP contribution in [0, 0.1) is 5.82 Å². The lowest BCUT2D eigenvalue weighted by atomic mass is 9.92. The lowest BCUT2D eigenvalue weighted by Gasteiger charge is -2.18. The first-order valence-electron chi connectivity index (χ1n) is 9.84. The molecule has 1 aromatic heterocycles. The van der Waals surface area contributed by atoms with Crippen molar-refractivity contribution in [1.29, 1.82) is 0 Å². The highest BCUT2D eigenvalue weighted by atomic mass is 19.1. The van der Waals surface area contributed by atoms with Crippen molar-refractivity contribution in [2.45, 2.75) is 32.6 Å². The molecule has 0 fully saturated rings. The molecule has 7 heteroatoms. The Morgan fingerprint density at radius 2 is 1.77 bits per heavy atom. The number of benzene rings is 2. The number of hydrogen-bond acceptors (Lipinski definition) is 4. The van der Waals surface area contributed by atoms with E-state index in [1.165, 1.54) is 12.1 Å². The van der Waals surface area contributed by atoms with Crippen LogP contribution in [0.15, 0.2) is 48.5 Å². The van der Waals surface area contributed by atoms with Crippen LogP contribution >= 0.6 is 0 Å². The van der Waals surface area contributed by atoms with Crippen LogP contribution in [-0.4, -0.2) is 28.9 Å². The molecule has 2 aromatic carbocycles. The van der Waals surface area contributed by atoms with Gasteiger partial charge in [-0.3, -0.25) is 4.79 Å². The minimum absolute atomic E-state index is 0.177. The van der Waals surface area contributed by atoms with Gasteiger partial charge in [0.05, 0.1) is 17.8 Å². The number of nitrogens with zero attached hydrogens (tertiary/aromatic N) is 2. The number of ether oxygens (including phenoxy) is 2. The summed E-state index contributed by atoms with van der Waals surface area (Å²) in [4.78, 5) is 12.8. The van der Waals surface area contributed by atoms with E-state index < -0.39 is 0 Å². The molecule has 0 radical (unpaired) electrons. The Labute approximate surface area is 174 Å². The normalized spacial score (nSPS) is 13.2. The second-order valence-electron chi connectivity index (χ2n) is 8.26. The first-order valence-corrected chi connectivity index (χ1v) is 9.84. The lowest BCUT2D eigenvalue weighted by molar-refractivity contribution is -0.115. The van der Waals surface area contributed by atoms with Crippen molar-refractivity contribution < 1.29 is 18.7 Å². The van der Waals surface area contributed by atoms with Crippen LogP contribution in [0.25, 0.3) is 5.69 Å². The van der Waals surface area contributed by atoms with Crippen molar-refractivity contribution in [2.75, 3.05) is 18.5 Å². The van der Waals surface area contributed by atoms with Gasteiger partial charge < -0.3 is 14.8 Å². The van der Waals surface area contributed by atoms with Crippen molar-refractivity contribution in [3.05, 3.63) is 65.6 Å². The SMILES string of the molecule is CC(C)(C)c1cc(NC(=O)Cc2ccc3c(c2)OCCO3)n(-c2ccc(F)cc2)n1. The molecule has 4 rings (SSSR count). The maximum absolute atomic E-state index is 13.4. The molecule has 3 aromatic rings. The molecular formula is C23H24FN3O3. The third kappa shape index (κ3) is 4.30. The largest absolute Gasteiger partial charge is 0.486 e. The molecule has 1 amide bonds. The van der Waals surface area contributed by atoms with Gasteiger partial charge in [-0.25, -0.2) is 9.07 Å². The fourth-order valence-corrected chi connectivity index (χ4v) is 3.19. The second-order valence-corrected chi connectivity index (χ2v) is 8.26. The van der Waals surface area contributed by atoms with Crippen molar-refractivity contribution in [3.8, 4) is 17.2 Å². The fourth-order valence-electron chi connectivity index (χ4n) is 3.19. The predicted molar refractivity (Wildman–Crippen MR) is 112 cm³/mol. The van der Waals surface area contributed by atoms with Crippen molar-refractivity contribution in [3.63, 3.8) is 0 Å². The van der Waals surface area contributed by atoms with Gasteiger partial charge >= 0.3 is 0 Å². The average Bonchev–Trinajstić information content (AvgIpc) is 3.12. The summed E-state index contributed by atoms with van der Waals surface area (Å²) in [5, 5.41) is 7.58. The molecule has 6 nitrogen and oxygen atoms in total. The summed E-state index contributed by atoms with van der Waals surface area (Å²) in [5.41, 5.74) is 2.10. The molecular weight excluding hydrogens is 385 g/mol. The van der Waals surface area contributed by atoms with Crippen LogP contribution in [0.5, 0.6) is 11.5 Å². The van der Waals surface area contributed by atoms with E-state index in [4.69, 9.17) is 9.47 Å². The number of nitrogens with one attached hydrogen (secondary N) is 1. The van der Waals surface area contributed by atoms with E-state index in [1.807, 2.05) is 45.0 Å². The number of halogens is 1. The lowest BCUT2D eigenvalue weighted by Crippen LogP contribution is -2.18. The van der Waals surface area contributed by atoms with E-state index in [2.05, 4.69) is 10.4 Å². The predicted octanol–water partition coefficient (Wildman–Crippen LogP) is 4.26. The molecule has 0 bridgehead atoms. The van der Waals surface area contributed by atoms with E-state index in [0.29, 0.717) is 36.2 Å². The number of aromatic nitrogens is 2. The highest BCUT2D eigenvalue weighted by Gasteiger charge is 2.22. The number of amides is 1. The van der Waals surface area contributed by atoms with Crippen molar-refractivity contribution in [2.24, 2.45) is 0 Å². The van der Waals surface area contributed by atoms with E-state index >= 15 is 0 Å². The van der Waals surface area contributed by atoms with E-state index in [1.54, 1.807) is 16.8 Å². The molecule has 1 aliphatic rings. The number of carbonyl (C=O) groups excluding carboxylic acids is 1. The molecule has 1 N–H and O–H groups in total. The van der Waals surface area contributed by atoms with E-state index in [9.17, 15) is 9.18 Å². The molecule has 156 valence electrons. The summed E-state index contributed by atoms with van der Waals surface area (Å²) in [6, 6.07) is 13.3. The zero-order chi connectivity index (χ0) is 21.3. The van der Waals surface area contributed by atoms with Gasteiger partial charge in [0.2, 0.25) is 5.91 Å². The maximum Gasteiger partial charge on any atom is 0.229 e. The standard InChI is InChI=1S/C23H24FN3O3/c1-23(2,3)20-14-21(27(26-20)17-7-5-16(24)6-8-17)25-22(28)13-15-4-9-18-19(12-15)30-11-10-29-18/h4-9,12,14H,10-11,13H2,1-3H3,(H,25,28). The quantitative estimate of drug-likeness (QED) is 0.699. The fraction of sp³-hybridized carbons (Fsp3) is 0.304. The van der Waals surface area contributed by atoms with Gasteiger partial charge in [0.25, 0.3) is 0 Å². The van der Waals surface area contributed by atoms with Crippen LogP contribution in [0.4, 0.5) is 10.2 Å². The third-order valence-corrected chi connectivity index (χ3v) is 4.79. The van der Waals surface area contributed by atoms with Crippen LogP contribution < -0.4 is 14.8 Å². The zero-order valence-corrected chi connectivity index (χ0v) is 17.2. The van der Waals surface area contributed by atoms with Crippen LogP contribution in [-0.2, 0) is 16.6 Å². The highest BCUT2D eigenvalue weighted by molar-refractivity contribution is 5.92. The van der Waals surface area contributed by atoms with Gasteiger partial charge in [0.15, 0.2) is 11.5 Å². The first kappa shape index (κ1) is 19.9. The Bertz CT molecular complexity index is 1070. The summed E-state index contributed by atoms with van der Waals surface area (Å²) >= 11 is 0.